The van der Waals surface area contributed by atoms with Crippen LogP contribution in [-0.2, 0) is 0 Å². The van der Waals surface area contributed by atoms with Crippen LogP contribution in [0.3, 0.4) is 0 Å². The second-order valence-corrected chi connectivity index (χ2v) is 7.36. The van der Waals surface area contributed by atoms with E-state index in [0.29, 0.717) is 10.3 Å². The fourth-order valence-electron chi connectivity index (χ4n) is 1.01. The predicted molar refractivity (Wildman–Crippen MR) is 52.2 cm³/mol. The molecular formula is C8H18BrClLiMgP. The van der Waals surface area contributed by atoms with Crippen LogP contribution in [0, 0.1) is 0 Å². The molecule has 0 aliphatic carbocycles. The van der Waals surface area contributed by atoms with Crippen LogP contribution in [0.15, 0.2) is 0 Å². The molecule has 0 aromatic carbocycles. The second kappa shape index (κ2) is 11.1. The molecule has 0 aliphatic heterocycles. The average molecular weight is 292 g/mol. The summed E-state index contributed by atoms with van der Waals surface area (Å²) in [6, 6.07) is 0. The molecule has 0 aromatic rings. The van der Waals surface area contributed by atoms with Gasteiger partial charge in [-0.25, -0.2) is 0 Å². The molecule has 0 saturated carbocycles. The van der Waals surface area contributed by atoms with Crippen molar-refractivity contribution in [3.63, 3.8) is 0 Å². The molecule has 0 aliphatic rings. The van der Waals surface area contributed by atoms with Gasteiger partial charge in [0.25, 0.3) is 0 Å². The van der Waals surface area contributed by atoms with E-state index >= 15 is 0 Å². The van der Waals surface area contributed by atoms with Crippen LogP contribution in [-0.4, -0.2) is 33.4 Å². The van der Waals surface area contributed by atoms with Crippen LogP contribution >= 0.6 is 8.58 Å². The van der Waals surface area contributed by atoms with Gasteiger partial charge in [-0.3, -0.25) is 0 Å². The standard InChI is InChI=1S/C8H18P.BrH.ClH.Li.Mg/c1-7(2,3)9-8(4,5)6;;;;/h1-6H3;2*1H;;/q-1;;;+1;+2/p-2. The maximum absolute atomic E-state index is 2.28. The Labute approximate surface area is 130 Å². The van der Waals surface area contributed by atoms with E-state index in [2.05, 4.69) is 41.5 Å². The topological polar surface area (TPSA) is 0 Å². The zero-order valence-corrected chi connectivity index (χ0v) is 14.6. The summed E-state index contributed by atoms with van der Waals surface area (Å²) in [6.07, 6.45) is 0. The Morgan fingerprint density at radius 3 is 0.923 bits per heavy atom. The van der Waals surface area contributed by atoms with Gasteiger partial charge in [0, 0.05) is 0 Å². The zero-order chi connectivity index (χ0) is 7.71. The van der Waals surface area contributed by atoms with Gasteiger partial charge in [0.05, 0.1) is 0 Å². The van der Waals surface area contributed by atoms with E-state index < -0.39 is 0 Å². The molecule has 0 saturated heterocycles. The first-order chi connectivity index (χ1) is 3.71. The van der Waals surface area contributed by atoms with Gasteiger partial charge in [0.1, 0.15) is 0 Å². The Morgan fingerprint density at radius 2 is 0.923 bits per heavy atom. The molecule has 0 unspecified atom stereocenters. The van der Waals surface area contributed by atoms with Gasteiger partial charge in [-0.2, -0.15) is 10.3 Å². The second-order valence-electron chi connectivity index (χ2n) is 4.45. The first-order valence-corrected chi connectivity index (χ1v) is 4.34. The van der Waals surface area contributed by atoms with Crippen LogP contribution in [0.4, 0.5) is 0 Å². The molecule has 13 heavy (non-hydrogen) atoms. The minimum absolute atomic E-state index is 0. The smallest absolute Gasteiger partial charge is 1.00 e. The van der Waals surface area contributed by atoms with Crippen molar-refractivity contribution in [1.29, 1.82) is 0 Å². The average Bonchev–Trinajstić information content (AvgIpc) is 1.14. The van der Waals surface area contributed by atoms with Crippen molar-refractivity contribution in [3.8, 4) is 0 Å². The fourth-order valence-corrected chi connectivity index (χ4v) is 3.02. The van der Waals surface area contributed by atoms with E-state index in [9.17, 15) is 0 Å². The molecule has 0 spiro atoms. The summed E-state index contributed by atoms with van der Waals surface area (Å²) in [6.45, 7) is 13.7. The zero-order valence-electron chi connectivity index (χ0n) is 9.91. The van der Waals surface area contributed by atoms with Crippen molar-refractivity contribution < 1.29 is 48.2 Å². The Kier molecular flexibility index (Phi) is 25.2. The molecular weight excluding hydrogens is 274 g/mol. The van der Waals surface area contributed by atoms with Crippen LogP contribution in [0.1, 0.15) is 41.5 Å². The minimum Gasteiger partial charge on any atom is -1.00 e. The van der Waals surface area contributed by atoms with E-state index in [1.165, 1.54) is 8.58 Å². The SMILES string of the molecule is CC(C)(C)[P-]C(C)(C)C.[Br-].[Cl-].[Li+].[Mg+2]. The molecule has 0 fully saturated rings. The number of halogens is 2. The minimum atomic E-state index is 0. The molecule has 0 N–H and O–H groups in total. The van der Waals surface area contributed by atoms with E-state index in [1.807, 2.05) is 0 Å². The maximum Gasteiger partial charge on any atom is 2.00 e. The van der Waals surface area contributed by atoms with Crippen LogP contribution in [0.25, 0.3) is 0 Å². The molecule has 0 nitrogen and oxygen atoms in total. The van der Waals surface area contributed by atoms with Crippen LogP contribution in [0.2, 0.25) is 0 Å². The van der Waals surface area contributed by atoms with E-state index in [-0.39, 0.29) is 71.3 Å². The number of hydrogen-bond acceptors (Lipinski definition) is 0. The summed E-state index contributed by atoms with van der Waals surface area (Å²) in [4.78, 5) is 0. The molecule has 0 radical (unpaired) electrons. The summed E-state index contributed by atoms with van der Waals surface area (Å²) < 4.78 is 0. The van der Waals surface area contributed by atoms with Crippen molar-refractivity contribution in [1.82, 2.24) is 0 Å². The van der Waals surface area contributed by atoms with E-state index in [4.69, 9.17) is 0 Å². The van der Waals surface area contributed by atoms with Gasteiger partial charge >= 0.3 is 41.9 Å². The molecule has 0 atom stereocenters. The van der Waals surface area contributed by atoms with Gasteiger partial charge < -0.3 is 38.0 Å². The normalized spacial score (nSPS) is 9.69. The summed E-state index contributed by atoms with van der Waals surface area (Å²) in [5.41, 5.74) is 0. The van der Waals surface area contributed by atoms with Crippen molar-refractivity contribution in [2.24, 2.45) is 0 Å². The van der Waals surface area contributed by atoms with Gasteiger partial charge in [0.15, 0.2) is 0 Å². The molecule has 0 aromatic heterocycles. The molecule has 5 heteroatoms. The molecule has 72 valence electrons. The van der Waals surface area contributed by atoms with Gasteiger partial charge in [-0.15, -0.1) is 0 Å². The number of hydrogen-bond donors (Lipinski definition) is 0. The Hall–Kier alpha value is 2.56. The molecule has 0 heterocycles. The molecule has 0 rings (SSSR count). The Bertz CT molecular complexity index is 89.3. The van der Waals surface area contributed by atoms with Gasteiger partial charge in [0.2, 0.25) is 0 Å². The Morgan fingerprint density at radius 1 is 0.769 bits per heavy atom. The largest absolute Gasteiger partial charge is 2.00 e. The van der Waals surface area contributed by atoms with Crippen LogP contribution < -0.4 is 48.2 Å². The molecule has 0 bridgehead atoms. The van der Waals surface area contributed by atoms with E-state index in [0.717, 1.165) is 0 Å². The van der Waals surface area contributed by atoms with Crippen molar-refractivity contribution in [2.75, 3.05) is 0 Å². The van der Waals surface area contributed by atoms with Gasteiger partial charge in [-0.05, 0) is 0 Å². The first kappa shape index (κ1) is 29.6. The third-order valence-electron chi connectivity index (χ3n) is 0.671. The van der Waals surface area contributed by atoms with E-state index in [1.54, 1.807) is 0 Å². The third kappa shape index (κ3) is 31.3. The van der Waals surface area contributed by atoms with Crippen molar-refractivity contribution in [3.05, 3.63) is 0 Å². The summed E-state index contributed by atoms with van der Waals surface area (Å²) in [5.74, 6) is 0. The van der Waals surface area contributed by atoms with Crippen molar-refractivity contribution in [2.45, 2.75) is 51.9 Å². The molecule has 0 amide bonds. The predicted octanol–water partition coefficient (Wildman–Crippen LogP) is -5.84. The van der Waals surface area contributed by atoms with Crippen LogP contribution in [0.5, 0.6) is 0 Å². The number of rotatable bonds is 0. The summed E-state index contributed by atoms with van der Waals surface area (Å²) in [7, 11) is 1.53. The summed E-state index contributed by atoms with van der Waals surface area (Å²) >= 11 is 0. The van der Waals surface area contributed by atoms with Crippen molar-refractivity contribution >= 4 is 31.6 Å². The maximum atomic E-state index is 2.28. The Balaban J connectivity index is -0.0000000533. The first-order valence-electron chi connectivity index (χ1n) is 3.45. The third-order valence-corrected chi connectivity index (χ3v) is 2.01. The monoisotopic (exact) mass is 290 g/mol. The van der Waals surface area contributed by atoms with Gasteiger partial charge in [-0.1, -0.05) is 41.5 Å². The fraction of sp³-hybridized carbons (Fsp3) is 1.00. The summed E-state index contributed by atoms with van der Waals surface area (Å²) in [5, 5.41) is 0.913. The quantitative estimate of drug-likeness (QED) is 0.308.